The lowest BCUT2D eigenvalue weighted by Crippen LogP contribution is -2.39. The van der Waals surface area contributed by atoms with E-state index in [1.165, 1.54) is 6.42 Å². The monoisotopic (exact) mass is 293 g/mol. The smallest absolute Gasteiger partial charge is 0.126 e. The number of nitrogens with one attached hydrogen (secondary N) is 1. The molecule has 4 nitrogen and oxygen atoms in total. The molecule has 1 aromatic rings. The molecule has 1 fully saturated rings. The SMILES string of the molecule is CSc1cccc(N2CCCCCC2CO)c1C(=N)N. The largest absolute Gasteiger partial charge is 0.394 e. The standard InChI is InChI=1S/C15H23N3OS/c1-20-13-8-5-7-12(14(13)15(16)17)18-9-4-2-3-6-11(18)10-19/h5,7-8,11,19H,2-4,6,9-10H2,1H3,(H3,16,17). The fourth-order valence-corrected chi connectivity index (χ4v) is 3.52. The number of benzene rings is 1. The van der Waals surface area contributed by atoms with Crippen molar-refractivity contribution in [3.8, 4) is 0 Å². The first-order valence-corrected chi connectivity index (χ1v) is 8.30. The molecule has 0 aromatic heterocycles. The van der Waals surface area contributed by atoms with Crippen LogP contribution in [0.2, 0.25) is 0 Å². The van der Waals surface area contributed by atoms with E-state index >= 15 is 0 Å². The second-order valence-corrected chi connectivity index (χ2v) is 6.00. The molecule has 5 heteroatoms. The van der Waals surface area contributed by atoms with E-state index in [1.54, 1.807) is 11.8 Å². The van der Waals surface area contributed by atoms with Gasteiger partial charge in [-0.15, -0.1) is 11.8 Å². The number of aliphatic hydroxyl groups excluding tert-OH is 1. The molecule has 1 aromatic carbocycles. The van der Waals surface area contributed by atoms with Gasteiger partial charge in [0.2, 0.25) is 0 Å². The van der Waals surface area contributed by atoms with Crippen molar-refractivity contribution in [2.24, 2.45) is 5.73 Å². The minimum absolute atomic E-state index is 0.103. The highest BCUT2D eigenvalue weighted by Gasteiger charge is 2.24. The van der Waals surface area contributed by atoms with Gasteiger partial charge in [-0.2, -0.15) is 0 Å². The molecule has 1 heterocycles. The lowest BCUT2D eigenvalue weighted by molar-refractivity contribution is 0.255. The van der Waals surface area contributed by atoms with Crippen LogP contribution >= 0.6 is 11.8 Å². The van der Waals surface area contributed by atoms with Crippen LogP contribution in [0.15, 0.2) is 23.1 Å². The molecule has 110 valence electrons. The highest BCUT2D eigenvalue weighted by molar-refractivity contribution is 7.98. The van der Waals surface area contributed by atoms with Crippen molar-refractivity contribution in [2.45, 2.75) is 36.6 Å². The van der Waals surface area contributed by atoms with Crippen LogP contribution in [0, 0.1) is 5.41 Å². The highest BCUT2D eigenvalue weighted by Crippen LogP contribution is 2.32. The van der Waals surface area contributed by atoms with Gasteiger partial charge in [0.1, 0.15) is 5.84 Å². The van der Waals surface area contributed by atoms with Crippen LogP contribution < -0.4 is 10.6 Å². The van der Waals surface area contributed by atoms with E-state index < -0.39 is 0 Å². The molecule has 20 heavy (non-hydrogen) atoms. The maximum Gasteiger partial charge on any atom is 0.126 e. The number of amidine groups is 1. The van der Waals surface area contributed by atoms with E-state index in [0.29, 0.717) is 0 Å². The number of nitrogen functional groups attached to an aromatic ring is 1. The maximum absolute atomic E-state index is 9.67. The third-order valence-electron chi connectivity index (χ3n) is 3.89. The van der Waals surface area contributed by atoms with Gasteiger partial charge in [-0.1, -0.05) is 18.9 Å². The summed E-state index contributed by atoms with van der Waals surface area (Å²) in [7, 11) is 0. The molecule has 2 rings (SSSR count). The Hall–Kier alpha value is -1.20. The van der Waals surface area contributed by atoms with Crippen LogP contribution in [-0.4, -0.2) is 36.4 Å². The summed E-state index contributed by atoms with van der Waals surface area (Å²) in [6, 6.07) is 6.15. The van der Waals surface area contributed by atoms with Crippen LogP contribution in [0.25, 0.3) is 0 Å². The number of rotatable bonds is 4. The Morgan fingerprint density at radius 1 is 1.45 bits per heavy atom. The van der Waals surface area contributed by atoms with E-state index in [4.69, 9.17) is 11.1 Å². The lowest BCUT2D eigenvalue weighted by Gasteiger charge is -2.33. The highest BCUT2D eigenvalue weighted by atomic mass is 32.2. The molecule has 0 aliphatic carbocycles. The lowest BCUT2D eigenvalue weighted by atomic mass is 10.1. The van der Waals surface area contributed by atoms with Gasteiger partial charge in [-0.05, 0) is 31.2 Å². The Morgan fingerprint density at radius 2 is 2.25 bits per heavy atom. The van der Waals surface area contributed by atoms with Crippen molar-refractivity contribution in [3.63, 3.8) is 0 Å². The number of hydrogen-bond donors (Lipinski definition) is 3. The predicted octanol–water partition coefficient (Wildman–Crippen LogP) is 2.43. The third-order valence-corrected chi connectivity index (χ3v) is 4.67. The summed E-state index contributed by atoms with van der Waals surface area (Å²) < 4.78 is 0. The van der Waals surface area contributed by atoms with Gasteiger partial charge >= 0.3 is 0 Å². The van der Waals surface area contributed by atoms with Gasteiger partial charge in [0.25, 0.3) is 0 Å². The van der Waals surface area contributed by atoms with E-state index in [1.807, 2.05) is 24.5 Å². The van der Waals surface area contributed by atoms with Gasteiger partial charge in [0.15, 0.2) is 0 Å². The molecule has 4 N–H and O–H groups in total. The first kappa shape index (κ1) is 15.2. The molecule has 1 saturated heterocycles. The summed E-state index contributed by atoms with van der Waals surface area (Å²) in [6.07, 6.45) is 6.47. The van der Waals surface area contributed by atoms with Crippen molar-refractivity contribution < 1.29 is 5.11 Å². The second kappa shape index (κ2) is 6.99. The summed E-state index contributed by atoms with van der Waals surface area (Å²) in [4.78, 5) is 3.26. The minimum atomic E-state index is 0.103. The minimum Gasteiger partial charge on any atom is -0.394 e. The van der Waals surface area contributed by atoms with Crippen LogP contribution in [0.3, 0.4) is 0 Å². The Bertz CT molecular complexity index is 478. The van der Waals surface area contributed by atoms with Crippen molar-refractivity contribution in [1.82, 2.24) is 0 Å². The topological polar surface area (TPSA) is 73.3 Å². The predicted molar refractivity (Wildman–Crippen MR) is 85.9 cm³/mol. The summed E-state index contributed by atoms with van der Waals surface area (Å²) in [5, 5.41) is 17.6. The zero-order valence-electron chi connectivity index (χ0n) is 11.9. The van der Waals surface area contributed by atoms with E-state index in [2.05, 4.69) is 4.90 Å². The Balaban J connectivity index is 2.46. The molecular weight excluding hydrogens is 270 g/mol. The molecule has 1 aliphatic heterocycles. The van der Waals surface area contributed by atoms with Crippen LogP contribution in [0.4, 0.5) is 5.69 Å². The van der Waals surface area contributed by atoms with Crippen molar-refractivity contribution >= 4 is 23.3 Å². The van der Waals surface area contributed by atoms with Gasteiger partial charge in [-0.25, -0.2) is 0 Å². The maximum atomic E-state index is 9.67. The van der Waals surface area contributed by atoms with Crippen LogP contribution in [0.1, 0.15) is 31.2 Å². The van der Waals surface area contributed by atoms with Crippen molar-refractivity contribution in [3.05, 3.63) is 23.8 Å². The summed E-state index contributed by atoms with van der Waals surface area (Å²) >= 11 is 1.61. The van der Waals surface area contributed by atoms with E-state index in [-0.39, 0.29) is 18.5 Å². The number of nitrogens with two attached hydrogens (primary N) is 1. The zero-order chi connectivity index (χ0) is 14.5. The Morgan fingerprint density at radius 3 is 2.90 bits per heavy atom. The molecule has 1 unspecified atom stereocenters. The molecule has 0 saturated carbocycles. The summed E-state index contributed by atoms with van der Waals surface area (Å²) in [6.45, 7) is 1.07. The Kier molecular flexibility index (Phi) is 5.31. The molecule has 0 radical (unpaired) electrons. The number of aliphatic hydroxyl groups is 1. The van der Waals surface area contributed by atoms with Crippen LogP contribution in [0.5, 0.6) is 0 Å². The fraction of sp³-hybridized carbons (Fsp3) is 0.533. The average Bonchev–Trinajstić information content (AvgIpc) is 2.71. The molecule has 0 spiro atoms. The summed E-state index contributed by atoms with van der Waals surface area (Å²) in [5.41, 5.74) is 7.60. The van der Waals surface area contributed by atoms with Gasteiger partial charge in [-0.3, -0.25) is 5.41 Å². The van der Waals surface area contributed by atoms with Gasteiger partial charge in [0, 0.05) is 17.1 Å². The van der Waals surface area contributed by atoms with Gasteiger partial charge < -0.3 is 15.7 Å². The van der Waals surface area contributed by atoms with Crippen molar-refractivity contribution in [2.75, 3.05) is 24.3 Å². The Labute approximate surface area is 124 Å². The van der Waals surface area contributed by atoms with E-state index in [0.717, 1.165) is 42.0 Å². The molecule has 1 aliphatic rings. The number of hydrogen-bond acceptors (Lipinski definition) is 4. The average molecular weight is 293 g/mol. The third kappa shape index (κ3) is 3.10. The number of nitrogens with zero attached hydrogens (tertiary/aromatic N) is 1. The first-order valence-electron chi connectivity index (χ1n) is 7.08. The van der Waals surface area contributed by atoms with E-state index in [9.17, 15) is 5.11 Å². The normalized spacial score (nSPS) is 19.7. The molecule has 0 amide bonds. The number of thioether (sulfide) groups is 1. The fourth-order valence-electron chi connectivity index (χ4n) is 2.88. The molecule has 0 bridgehead atoms. The summed E-state index contributed by atoms with van der Waals surface area (Å²) in [5.74, 6) is 0.103. The molecular formula is C15H23N3OS. The number of anilines is 1. The first-order chi connectivity index (χ1) is 9.69. The van der Waals surface area contributed by atoms with Gasteiger partial charge in [0.05, 0.1) is 18.2 Å². The van der Waals surface area contributed by atoms with Crippen LogP contribution in [-0.2, 0) is 0 Å². The molecule has 1 atom stereocenters. The van der Waals surface area contributed by atoms with Crippen molar-refractivity contribution in [1.29, 1.82) is 5.41 Å². The quantitative estimate of drug-likeness (QED) is 0.453. The second-order valence-electron chi connectivity index (χ2n) is 5.15. The zero-order valence-corrected chi connectivity index (χ0v) is 12.7.